The zero-order chi connectivity index (χ0) is 17.7. The van der Waals surface area contributed by atoms with Crippen molar-refractivity contribution in [1.82, 2.24) is 19.4 Å². The summed E-state index contributed by atoms with van der Waals surface area (Å²) in [7, 11) is 1.99. The van der Waals surface area contributed by atoms with Crippen molar-refractivity contribution in [2.75, 3.05) is 26.2 Å². The molecule has 2 bridgehead atoms. The molecule has 26 heavy (non-hydrogen) atoms. The lowest BCUT2D eigenvalue weighted by Crippen LogP contribution is -2.47. The number of hydrogen-bond acceptors (Lipinski definition) is 3. The molecule has 4 fully saturated rings. The van der Waals surface area contributed by atoms with Crippen LogP contribution in [0.5, 0.6) is 0 Å². The predicted octanol–water partition coefficient (Wildman–Crippen LogP) is 2.91. The molecule has 4 heterocycles. The number of aromatic nitrogens is 2. The SMILES string of the molecule is Cn1cnc2cc(C(=O)N3C[C@H]4CC[C@@H](C3)N(CC3CCC3)C4)ccc21. The quantitative estimate of drug-likeness (QED) is 0.853. The largest absolute Gasteiger partial charge is 0.337 e. The molecular weight excluding hydrogens is 324 g/mol. The van der Waals surface area contributed by atoms with Gasteiger partial charge in [-0.1, -0.05) is 6.42 Å². The first kappa shape index (κ1) is 16.3. The summed E-state index contributed by atoms with van der Waals surface area (Å²) < 4.78 is 1.99. The molecule has 0 spiro atoms. The van der Waals surface area contributed by atoms with Crippen LogP contribution in [0.1, 0.15) is 42.5 Å². The number of hydrogen-bond donors (Lipinski definition) is 0. The summed E-state index contributed by atoms with van der Waals surface area (Å²) in [4.78, 5) is 22.4. The number of nitrogens with zero attached hydrogens (tertiary/aromatic N) is 4. The van der Waals surface area contributed by atoms with Gasteiger partial charge in [0.15, 0.2) is 0 Å². The van der Waals surface area contributed by atoms with Gasteiger partial charge in [0.2, 0.25) is 0 Å². The molecule has 3 aliphatic heterocycles. The van der Waals surface area contributed by atoms with Crippen molar-refractivity contribution >= 4 is 16.9 Å². The van der Waals surface area contributed by atoms with Crippen LogP contribution in [0.3, 0.4) is 0 Å². The number of carbonyl (C=O) groups excluding carboxylic acids is 1. The van der Waals surface area contributed by atoms with E-state index in [0.717, 1.165) is 35.6 Å². The average Bonchev–Trinajstić information content (AvgIpc) is 2.80. The molecular formula is C21H28N4O. The van der Waals surface area contributed by atoms with Gasteiger partial charge in [0.05, 0.1) is 17.4 Å². The van der Waals surface area contributed by atoms with E-state index in [2.05, 4.69) is 14.8 Å². The van der Waals surface area contributed by atoms with Gasteiger partial charge >= 0.3 is 0 Å². The third-order valence-electron chi connectivity index (χ3n) is 6.80. The molecule has 5 heteroatoms. The van der Waals surface area contributed by atoms with Gasteiger partial charge in [-0.05, 0) is 55.7 Å². The second kappa shape index (κ2) is 6.38. The summed E-state index contributed by atoms with van der Waals surface area (Å²) in [6.45, 7) is 4.24. The van der Waals surface area contributed by atoms with E-state index in [1.54, 1.807) is 0 Å². The average molecular weight is 352 g/mol. The predicted molar refractivity (Wildman–Crippen MR) is 102 cm³/mol. The maximum absolute atomic E-state index is 13.2. The number of rotatable bonds is 3. The molecule has 2 aromatic rings. The second-order valence-electron chi connectivity index (χ2n) is 8.62. The fraction of sp³-hybridized carbons (Fsp3) is 0.619. The Hall–Kier alpha value is -1.88. The second-order valence-corrected chi connectivity index (χ2v) is 8.62. The minimum Gasteiger partial charge on any atom is -0.337 e. The van der Waals surface area contributed by atoms with Crippen LogP contribution in [-0.2, 0) is 7.05 Å². The molecule has 0 unspecified atom stereocenters. The lowest BCUT2D eigenvalue weighted by molar-refractivity contribution is 0.0717. The van der Waals surface area contributed by atoms with Gasteiger partial charge in [-0.3, -0.25) is 9.69 Å². The number of piperidine rings is 1. The molecule has 0 radical (unpaired) electrons. The first-order valence-corrected chi connectivity index (χ1v) is 10.1. The van der Waals surface area contributed by atoms with E-state index in [9.17, 15) is 4.79 Å². The zero-order valence-electron chi connectivity index (χ0n) is 15.6. The van der Waals surface area contributed by atoms with E-state index in [1.165, 1.54) is 45.2 Å². The van der Waals surface area contributed by atoms with Crippen LogP contribution in [0.4, 0.5) is 0 Å². The molecule has 138 valence electrons. The van der Waals surface area contributed by atoms with Gasteiger partial charge in [0.1, 0.15) is 0 Å². The van der Waals surface area contributed by atoms with E-state index >= 15 is 0 Å². The highest BCUT2D eigenvalue weighted by atomic mass is 16.2. The lowest BCUT2D eigenvalue weighted by atomic mass is 9.83. The standard InChI is InChI=1S/C21H28N4O/c1-23-14-22-19-9-17(6-8-20(19)23)21(26)25-12-16-5-7-18(13-25)24(11-16)10-15-3-2-4-15/h6,8-9,14-16,18H,2-5,7,10-13H2,1H3/t16-,18-/m0/s1. The van der Waals surface area contributed by atoms with E-state index in [0.29, 0.717) is 12.0 Å². The first-order valence-electron chi connectivity index (χ1n) is 10.1. The van der Waals surface area contributed by atoms with Gasteiger partial charge in [-0.2, -0.15) is 0 Å². The minimum atomic E-state index is 0.181. The topological polar surface area (TPSA) is 41.4 Å². The molecule has 3 saturated heterocycles. The third kappa shape index (κ3) is 2.82. The Morgan fingerprint density at radius 2 is 2.04 bits per heavy atom. The monoisotopic (exact) mass is 352 g/mol. The lowest BCUT2D eigenvalue weighted by Gasteiger charge is -2.40. The number of amides is 1. The van der Waals surface area contributed by atoms with Crippen LogP contribution < -0.4 is 0 Å². The van der Waals surface area contributed by atoms with Crippen LogP contribution in [0.15, 0.2) is 24.5 Å². The van der Waals surface area contributed by atoms with Crippen LogP contribution in [-0.4, -0.2) is 57.5 Å². The number of aryl methyl sites for hydroxylation is 1. The molecule has 5 nitrogen and oxygen atoms in total. The Labute approximate surface area is 155 Å². The van der Waals surface area contributed by atoms with Crippen molar-refractivity contribution in [1.29, 1.82) is 0 Å². The minimum absolute atomic E-state index is 0.181. The summed E-state index contributed by atoms with van der Waals surface area (Å²) in [6, 6.07) is 6.49. The van der Waals surface area contributed by atoms with Crippen LogP contribution in [0, 0.1) is 11.8 Å². The van der Waals surface area contributed by atoms with Crippen molar-refractivity contribution in [3.05, 3.63) is 30.1 Å². The highest BCUT2D eigenvalue weighted by molar-refractivity contribution is 5.97. The Morgan fingerprint density at radius 1 is 1.15 bits per heavy atom. The number of carbonyl (C=O) groups is 1. The van der Waals surface area contributed by atoms with Gasteiger partial charge < -0.3 is 9.47 Å². The van der Waals surface area contributed by atoms with E-state index in [-0.39, 0.29) is 5.91 Å². The molecule has 1 aromatic heterocycles. The maximum Gasteiger partial charge on any atom is 0.253 e. The van der Waals surface area contributed by atoms with E-state index < -0.39 is 0 Å². The molecule has 1 aliphatic carbocycles. The normalized spacial score (nSPS) is 26.9. The summed E-state index contributed by atoms with van der Waals surface area (Å²) in [5, 5.41) is 0. The van der Waals surface area contributed by atoms with Crippen molar-refractivity contribution in [3.63, 3.8) is 0 Å². The van der Waals surface area contributed by atoms with Crippen LogP contribution in [0.25, 0.3) is 11.0 Å². The van der Waals surface area contributed by atoms with Crippen molar-refractivity contribution < 1.29 is 4.79 Å². The molecule has 2 atom stereocenters. The number of benzene rings is 1. The number of fused-ring (bicyclic) bond motifs is 5. The molecule has 1 saturated carbocycles. The van der Waals surface area contributed by atoms with Gasteiger partial charge in [-0.25, -0.2) is 4.98 Å². The van der Waals surface area contributed by atoms with Crippen molar-refractivity contribution in [2.24, 2.45) is 18.9 Å². The fourth-order valence-corrected chi connectivity index (χ4v) is 5.03. The highest BCUT2D eigenvalue weighted by Crippen LogP contribution is 2.33. The fourth-order valence-electron chi connectivity index (χ4n) is 5.03. The van der Waals surface area contributed by atoms with Gasteiger partial charge in [-0.15, -0.1) is 0 Å². The molecule has 0 N–H and O–H groups in total. The Bertz CT molecular complexity index is 825. The maximum atomic E-state index is 13.2. The Kier molecular flexibility index (Phi) is 4.00. The summed E-state index contributed by atoms with van der Waals surface area (Å²) in [5.41, 5.74) is 2.76. The first-order chi connectivity index (χ1) is 12.7. The molecule has 4 aliphatic rings. The van der Waals surface area contributed by atoms with E-state index in [1.807, 2.05) is 36.1 Å². The Balaban J connectivity index is 1.34. The molecule has 1 amide bonds. The highest BCUT2D eigenvalue weighted by Gasteiger charge is 2.37. The van der Waals surface area contributed by atoms with Crippen molar-refractivity contribution in [2.45, 2.75) is 38.1 Å². The molecule has 1 aromatic carbocycles. The zero-order valence-corrected chi connectivity index (χ0v) is 15.6. The number of imidazole rings is 1. The smallest absolute Gasteiger partial charge is 0.253 e. The van der Waals surface area contributed by atoms with Crippen molar-refractivity contribution in [3.8, 4) is 0 Å². The van der Waals surface area contributed by atoms with Crippen LogP contribution >= 0.6 is 0 Å². The third-order valence-corrected chi connectivity index (χ3v) is 6.80. The van der Waals surface area contributed by atoms with Gasteiger partial charge in [0.25, 0.3) is 5.91 Å². The van der Waals surface area contributed by atoms with E-state index in [4.69, 9.17) is 0 Å². The summed E-state index contributed by atoms with van der Waals surface area (Å²) in [6.07, 6.45) is 8.55. The molecule has 6 rings (SSSR count). The summed E-state index contributed by atoms with van der Waals surface area (Å²) in [5.74, 6) is 1.72. The van der Waals surface area contributed by atoms with Gasteiger partial charge in [0, 0.05) is 44.8 Å². The Morgan fingerprint density at radius 3 is 2.85 bits per heavy atom. The van der Waals surface area contributed by atoms with Crippen LogP contribution in [0.2, 0.25) is 0 Å². The summed E-state index contributed by atoms with van der Waals surface area (Å²) >= 11 is 0.